The molecule has 1 amide bonds. The predicted molar refractivity (Wildman–Crippen MR) is 183 cm³/mol. The van der Waals surface area contributed by atoms with Crippen molar-refractivity contribution in [3.8, 4) is 6.01 Å². The van der Waals surface area contributed by atoms with Gasteiger partial charge in [-0.1, -0.05) is 11.6 Å². The number of hydrogen-bond donors (Lipinski definition) is 1. The van der Waals surface area contributed by atoms with Crippen LogP contribution >= 0.6 is 27.5 Å². The maximum atomic E-state index is 15.0. The molecule has 1 aromatic carbocycles. The Bertz CT molecular complexity index is 1680. The highest BCUT2D eigenvalue weighted by Gasteiger charge is 2.45. The first-order chi connectivity index (χ1) is 23.5. The second kappa shape index (κ2) is 15.3. The zero-order valence-corrected chi connectivity index (χ0v) is 30.6. The third-order valence-electron chi connectivity index (χ3n) is 9.44. The molecule has 0 bridgehead atoms. The number of carbonyl (C=O) groups is 1. The molecule has 0 aliphatic carbocycles. The molecule has 4 aliphatic heterocycles. The number of nitrogens with zero attached hydrogens (tertiary/aromatic N) is 6. The maximum Gasteiger partial charge on any atom is 0.416 e. The molecule has 17 heteroatoms. The van der Waals surface area contributed by atoms with E-state index >= 15 is 4.39 Å². The molecular weight excluding hydrogens is 753 g/mol. The van der Waals surface area contributed by atoms with Crippen LogP contribution in [0.25, 0.3) is 0 Å². The van der Waals surface area contributed by atoms with E-state index < -0.39 is 41.3 Å². The number of anilines is 1. The average molecular weight is 793 g/mol. The van der Waals surface area contributed by atoms with E-state index in [-0.39, 0.29) is 46.3 Å². The Morgan fingerprint density at radius 1 is 1.22 bits per heavy atom. The van der Waals surface area contributed by atoms with Crippen molar-refractivity contribution in [2.75, 3.05) is 58.8 Å². The Hall–Kier alpha value is -3.08. The third-order valence-corrected chi connectivity index (χ3v) is 10.5. The van der Waals surface area contributed by atoms with Crippen LogP contribution in [-0.4, -0.2) is 97.0 Å². The van der Waals surface area contributed by atoms with E-state index in [1.54, 1.807) is 14.1 Å². The van der Waals surface area contributed by atoms with Gasteiger partial charge in [0.25, 0.3) is 5.91 Å². The number of methoxy groups -OCH3 is 1. The Kier molecular flexibility index (Phi) is 11.6. The standard InChI is InChI=1S/C25H26BrClF4N6O3.C8H14FN/c1-36(2)23(38)21(32)19(27)16-10-37(8-4-7-33-16)22-12-11-40-17(9-15(12)34-24(35-22)39-3)18-13(25(29,30)31)5-6-14(26)20(18)28;1-8-3-2-4-10(8)6-7(9)5-8/h5-6,17H,4,7-11,32H2,1-3H3;7H,2-6H2,1H3/b21-19+;. The zero-order valence-electron chi connectivity index (χ0n) is 28.2. The number of carbonyl (C=O) groups excluding carboxylic acids is 1. The smallest absolute Gasteiger partial charge is 0.416 e. The Morgan fingerprint density at radius 2 is 1.96 bits per heavy atom. The summed E-state index contributed by atoms with van der Waals surface area (Å²) >= 11 is 9.45. The van der Waals surface area contributed by atoms with Gasteiger partial charge in [0.15, 0.2) is 0 Å². The molecule has 50 heavy (non-hydrogen) atoms. The lowest BCUT2D eigenvalue weighted by molar-refractivity contribution is -0.140. The van der Waals surface area contributed by atoms with E-state index in [0.29, 0.717) is 48.8 Å². The minimum atomic E-state index is -4.79. The monoisotopic (exact) mass is 791 g/mol. The summed E-state index contributed by atoms with van der Waals surface area (Å²) < 4.78 is 80.2. The van der Waals surface area contributed by atoms with Gasteiger partial charge in [0.2, 0.25) is 0 Å². The predicted octanol–water partition coefficient (Wildman–Crippen LogP) is 5.95. The number of amides is 1. The molecule has 2 fully saturated rings. The second-order valence-corrected chi connectivity index (χ2v) is 14.4. The Labute approximate surface area is 301 Å². The lowest BCUT2D eigenvalue weighted by Crippen LogP contribution is -2.35. The highest BCUT2D eigenvalue weighted by molar-refractivity contribution is 9.10. The van der Waals surface area contributed by atoms with Gasteiger partial charge in [-0.3, -0.25) is 14.7 Å². The maximum absolute atomic E-state index is 15.0. The van der Waals surface area contributed by atoms with Crippen molar-refractivity contribution in [1.82, 2.24) is 19.8 Å². The Balaban J connectivity index is 0.000000412. The Morgan fingerprint density at radius 3 is 2.62 bits per heavy atom. The van der Waals surface area contributed by atoms with Gasteiger partial charge in [-0.15, -0.1) is 0 Å². The van der Waals surface area contributed by atoms with Crippen LogP contribution in [0.1, 0.15) is 61.1 Å². The van der Waals surface area contributed by atoms with Crippen molar-refractivity contribution in [3.63, 3.8) is 0 Å². The third kappa shape index (κ3) is 8.02. The van der Waals surface area contributed by atoms with Crippen molar-refractivity contribution in [2.24, 2.45) is 10.7 Å². The summed E-state index contributed by atoms with van der Waals surface area (Å²) in [7, 11) is 4.45. The van der Waals surface area contributed by atoms with Crippen LogP contribution in [0.15, 0.2) is 32.3 Å². The molecule has 0 saturated carbocycles. The topological polar surface area (TPSA) is 109 Å². The molecule has 3 atom stereocenters. The minimum absolute atomic E-state index is 0.0154. The summed E-state index contributed by atoms with van der Waals surface area (Å²) in [5.41, 5.74) is 5.60. The largest absolute Gasteiger partial charge is 0.467 e. The number of benzene rings is 1. The molecule has 1 aromatic heterocycles. The van der Waals surface area contributed by atoms with Crippen LogP contribution in [0.3, 0.4) is 0 Å². The molecule has 5 heterocycles. The number of alkyl halides is 4. The molecule has 10 nitrogen and oxygen atoms in total. The molecular formula is C33H40BrClF5N7O3. The molecule has 0 radical (unpaired) electrons. The number of aromatic nitrogens is 2. The fourth-order valence-corrected chi connectivity index (χ4v) is 7.44. The number of ether oxygens (including phenoxy) is 2. The lowest BCUT2D eigenvalue weighted by Gasteiger charge is -2.31. The summed E-state index contributed by atoms with van der Waals surface area (Å²) in [6.07, 6.45) is -2.91. The zero-order chi connectivity index (χ0) is 36.5. The fourth-order valence-electron chi connectivity index (χ4n) is 6.89. The molecule has 2 saturated heterocycles. The molecule has 4 aliphatic rings. The number of halogens is 7. The first-order valence-corrected chi connectivity index (χ1v) is 17.4. The van der Waals surface area contributed by atoms with Crippen molar-refractivity contribution in [3.05, 3.63) is 55.5 Å². The van der Waals surface area contributed by atoms with Gasteiger partial charge in [-0.2, -0.15) is 23.1 Å². The van der Waals surface area contributed by atoms with Crippen LogP contribution in [0.2, 0.25) is 0 Å². The highest BCUT2D eigenvalue weighted by atomic mass is 79.9. The first kappa shape index (κ1) is 38.2. The molecule has 3 unspecified atom stereocenters. The number of aliphatic imine (C=N–C) groups is 1. The van der Waals surface area contributed by atoms with Crippen LogP contribution in [0.5, 0.6) is 6.01 Å². The van der Waals surface area contributed by atoms with Crippen molar-refractivity contribution >= 4 is 45.0 Å². The van der Waals surface area contributed by atoms with E-state index in [2.05, 4.69) is 42.7 Å². The molecule has 274 valence electrons. The van der Waals surface area contributed by atoms with Gasteiger partial charge < -0.3 is 25.0 Å². The van der Waals surface area contributed by atoms with Gasteiger partial charge >= 0.3 is 12.2 Å². The van der Waals surface area contributed by atoms with Gasteiger partial charge in [0.05, 0.1) is 52.8 Å². The van der Waals surface area contributed by atoms with Gasteiger partial charge in [0, 0.05) is 56.8 Å². The number of nitrogens with two attached hydrogens (primary N) is 1. The van der Waals surface area contributed by atoms with E-state index in [1.165, 1.54) is 24.9 Å². The minimum Gasteiger partial charge on any atom is -0.467 e. The number of hydrogen-bond acceptors (Lipinski definition) is 9. The van der Waals surface area contributed by atoms with E-state index in [0.717, 1.165) is 25.1 Å². The summed E-state index contributed by atoms with van der Waals surface area (Å²) in [6, 6.07) is 1.81. The molecule has 6 rings (SSSR count). The number of fused-ring (bicyclic) bond motifs is 2. The van der Waals surface area contributed by atoms with Crippen LogP contribution < -0.4 is 15.4 Å². The van der Waals surface area contributed by atoms with E-state index in [4.69, 9.17) is 26.8 Å². The van der Waals surface area contributed by atoms with Gasteiger partial charge in [-0.05, 0) is 67.2 Å². The molecule has 2 N–H and O–H groups in total. The normalized spacial score (nSPS) is 24.3. The summed E-state index contributed by atoms with van der Waals surface area (Å²) in [5, 5.41) is 0.0154. The average Bonchev–Trinajstić information content (AvgIpc) is 3.43. The van der Waals surface area contributed by atoms with Gasteiger partial charge in [-0.25, -0.2) is 8.78 Å². The van der Waals surface area contributed by atoms with Crippen molar-refractivity contribution < 1.29 is 36.2 Å². The summed E-state index contributed by atoms with van der Waals surface area (Å²) in [4.78, 5) is 31.1. The summed E-state index contributed by atoms with van der Waals surface area (Å²) in [6.45, 7) is 4.85. The molecule has 2 aromatic rings. The fraction of sp³-hybridized carbons (Fsp3) is 0.576. The summed E-state index contributed by atoms with van der Waals surface area (Å²) in [5.74, 6) is -1.12. The van der Waals surface area contributed by atoms with Crippen molar-refractivity contribution in [1.29, 1.82) is 0 Å². The molecule has 0 spiro atoms. The van der Waals surface area contributed by atoms with E-state index in [9.17, 15) is 22.4 Å². The second-order valence-electron chi connectivity index (χ2n) is 13.2. The van der Waals surface area contributed by atoms with Gasteiger partial charge in [0.1, 0.15) is 23.5 Å². The quantitative estimate of drug-likeness (QED) is 0.293. The highest BCUT2D eigenvalue weighted by Crippen LogP contribution is 2.43. The van der Waals surface area contributed by atoms with Crippen molar-refractivity contribution in [2.45, 2.75) is 69.6 Å². The van der Waals surface area contributed by atoms with E-state index in [1.807, 2.05) is 4.90 Å². The number of rotatable bonds is 5. The van der Waals surface area contributed by atoms with Crippen LogP contribution in [-0.2, 0) is 28.7 Å². The SMILES string of the molecule is CC12CCCN1CC(F)C2.COc1nc2c(c(N3CCCN=C(/C(Cl)=C(\N)C(=O)N(C)C)C3)n1)COC(c1c(C(F)(F)F)ccc(Br)c1F)C2. The number of likely N-dealkylation sites (N-methyl/N-ethyl adjacent to an activating group) is 1. The lowest BCUT2D eigenvalue weighted by atomic mass is 9.94. The van der Waals surface area contributed by atoms with Crippen LogP contribution in [0, 0.1) is 5.82 Å². The van der Waals surface area contributed by atoms with Crippen LogP contribution in [0.4, 0.5) is 27.8 Å². The first-order valence-electron chi connectivity index (χ1n) is 16.2.